The van der Waals surface area contributed by atoms with Gasteiger partial charge in [-0.05, 0) is 37.6 Å². The Labute approximate surface area is 196 Å². The van der Waals surface area contributed by atoms with Crippen LogP contribution in [0.2, 0.25) is 5.02 Å². The topological polar surface area (TPSA) is 144 Å². The fourth-order valence-corrected chi connectivity index (χ4v) is 5.51. The van der Waals surface area contributed by atoms with Crippen molar-refractivity contribution in [2.24, 2.45) is 16.6 Å². The molecule has 1 aliphatic heterocycles. The standard InChI is InChI=1S/C21H18ClFN4O5S/c1-20(14-7-21(14,18(30)31)33-19(24)27-20)12-6-10(5-11(15(12)23)17(29)32-2)26-16(28)13-4-3-9(22)8-25-13/h3-6,8,14H,7H2,1-2H3,(H2,24,27)(H,26,28)(H,30,31)/t14-,20+,21-/m0/s1. The summed E-state index contributed by atoms with van der Waals surface area (Å²) < 4.78 is 19.0. The molecule has 33 heavy (non-hydrogen) atoms. The second kappa shape index (κ2) is 7.99. The Bertz CT molecular complexity index is 1220. The zero-order valence-electron chi connectivity index (χ0n) is 17.4. The van der Waals surface area contributed by atoms with E-state index in [0.717, 1.165) is 24.9 Å². The maximum absolute atomic E-state index is 15.6. The van der Waals surface area contributed by atoms with Gasteiger partial charge in [0.05, 0.1) is 23.2 Å². The first-order valence-corrected chi connectivity index (χ1v) is 10.8. The van der Waals surface area contributed by atoms with E-state index in [4.69, 9.17) is 17.3 Å². The molecule has 1 fully saturated rings. The van der Waals surface area contributed by atoms with Crippen molar-refractivity contribution in [2.45, 2.75) is 23.6 Å². The molecular weight excluding hydrogens is 475 g/mol. The van der Waals surface area contributed by atoms with E-state index in [9.17, 15) is 19.5 Å². The lowest BCUT2D eigenvalue weighted by molar-refractivity contribution is -0.137. The Morgan fingerprint density at radius 1 is 1.36 bits per heavy atom. The summed E-state index contributed by atoms with van der Waals surface area (Å²) in [6, 6.07) is 5.33. The first kappa shape index (κ1) is 23.0. The zero-order chi connectivity index (χ0) is 24.1. The van der Waals surface area contributed by atoms with Crippen LogP contribution < -0.4 is 11.1 Å². The fraction of sp³-hybridized carbons (Fsp3) is 0.286. The minimum absolute atomic E-state index is 0.00697. The molecule has 0 unspecified atom stereocenters. The molecule has 0 radical (unpaired) electrons. The van der Waals surface area contributed by atoms with Crippen LogP contribution in [0.25, 0.3) is 0 Å². The van der Waals surface area contributed by atoms with Gasteiger partial charge in [0.25, 0.3) is 5.91 Å². The van der Waals surface area contributed by atoms with Gasteiger partial charge >= 0.3 is 11.9 Å². The number of anilines is 1. The summed E-state index contributed by atoms with van der Waals surface area (Å²) >= 11 is 6.72. The van der Waals surface area contributed by atoms with E-state index < -0.39 is 45.4 Å². The minimum atomic E-state index is -1.39. The lowest BCUT2D eigenvalue weighted by Gasteiger charge is -2.33. The number of aromatic nitrogens is 1. The van der Waals surface area contributed by atoms with Gasteiger partial charge in [-0.15, -0.1) is 0 Å². The number of hydrogen-bond donors (Lipinski definition) is 3. The lowest BCUT2D eigenvalue weighted by Crippen LogP contribution is -2.39. The third-order valence-corrected chi connectivity index (χ3v) is 7.33. The van der Waals surface area contributed by atoms with Gasteiger partial charge in [-0.3, -0.25) is 14.6 Å². The molecule has 12 heteroatoms. The predicted octanol–water partition coefficient (Wildman–Crippen LogP) is 3.03. The van der Waals surface area contributed by atoms with Crippen molar-refractivity contribution in [3.8, 4) is 0 Å². The number of aliphatic imine (C=N–C) groups is 1. The number of hydrogen-bond acceptors (Lipinski definition) is 8. The maximum atomic E-state index is 15.6. The van der Waals surface area contributed by atoms with Crippen LogP contribution in [0.1, 0.15) is 39.8 Å². The molecule has 2 heterocycles. The highest BCUT2D eigenvalue weighted by Gasteiger charge is 2.71. The van der Waals surface area contributed by atoms with Gasteiger partial charge < -0.3 is 20.9 Å². The number of carbonyl (C=O) groups is 3. The smallest absolute Gasteiger partial charge is 0.340 e. The Balaban J connectivity index is 1.81. The van der Waals surface area contributed by atoms with E-state index in [1.54, 1.807) is 6.92 Å². The summed E-state index contributed by atoms with van der Waals surface area (Å²) in [6.45, 7) is 1.56. The monoisotopic (exact) mass is 492 g/mol. The highest BCUT2D eigenvalue weighted by Crippen LogP contribution is 2.66. The lowest BCUT2D eigenvalue weighted by atomic mass is 9.84. The largest absolute Gasteiger partial charge is 0.480 e. The molecule has 0 spiro atoms. The normalized spacial score (nSPS) is 25.5. The van der Waals surface area contributed by atoms with Gasteiger partial charge in [0.2, 0.25) is 0 Å². The summed E-state index contributed by atoms with van der Waals surface area (Å²) in [4.78, 5) is 45.1. The van der Waals surface area contributed by atoms with E-state index in [-0.39, 0.29) is 28.5 Å². The Kier molecular flexibility index (Phi) is 5.57. The summed E-state index contributed by atoms with van der Waals surface area (Å²) in [5.74, 6) is -4.18. The number of methoxy groups -OCH3 is 1. The van der Waals surface area contributed by atoms with Crippen LogP contribution in [0.5, 0.6) is 0 Å². The molecule has 2 aliphatic rings. The van der Waals surface area contributed by atoms with Gasteiger partial charge in [0.1, 0.15) is 16.3 Å². The Morgan fingerprint density at radius 2 is 2.09 bits per heavy atom. The number of nitrogens with two attached hydrogens (primary N) is 1. The van der Waals surface area contributed by atoms with Crippen LogP contribution in [-0.2, 0) is 15.1 Å². The number of rotatable bonds is 5. The minimum Gasteiger partial charge on any atom is -0.480 e. The zero-order valence-corrected chi connectivity index (χ0v) is 19.0. The number of carboxylic acids is 1. The van der Waals surface area contributed by atoms with Crippen molar-refractivity contribution in [3.63, 3.8) is 0 Å². The molecule has 1 aromatic heterocycles. The van der Waals surface area contributed by atoms with Gasteiger partial charge in [-0.1, -0.05) is 23.4 Å². The van der Waals surface area contributed by atoms with Crippen molar-refractivity contribution in [3.05, 3.63) is 58.1 Å². The molecule has 1 aliphatic carbocycles. The van der Waals surface area contributed by atoms with E-state index in [0.29, 0.717) is 5.02 Å². The number of halogens is 2. The second-order valence-electron chi connectivity index (χ2n) is 7.84. The van der Waals surface area contributed by atoms with Crippen molar-refractivity contribution >= 4 is 52.1 Å². The molecule has 4 rings (SSSR count). The highest BCUT2D eigenvalue weighted by atomic mass is 35.5. The Morgan fingerprint density at radius 3 is 2.70 bits per heavy atom. The first-order chi connectivity index (χ1) is 15.5. The molecule has 2 aromatic rings. The number of amidine groups is 1. The van der Waals surface area contributed by atoms with E-state index in [1.807, 2.05) is 0 Å². The number of amides is 1. The molecule has 4 N–H and O–H groups in total. The van der Waals surface area contributed by atoms with Crippen molar-refractivity contribution in [1.82, 2.24) is 4.98 Å². The first-order valence-electron chi connectivity index (χ1n) is 9.65. The Hall–Kier alpha value is -3.18. The van der Waals surface area contributed by atoms with Crippen LogP contribution in [0.3, 0.4) is 0 Å². The number of nitrogens with zero attached hydrogens (tertiary/aromatic N) is 2. The average molecular weight is 493 g/mol. The molecule has 9 nitrogen and oxygen atoms in total. The van der Waals surface area contributed by atoms with Crippen LogP contribution in [0, 0.1) is 11.7 Å². The number of carbonyl (C=O) groups excluding carboxylic acids is 2. The quantitative estimate of drug-likeness (QED) is 0.540. The van der Waals surface area contributed by atoms with Crippen LogP contribution in [0.15, 0.2) is 35.5 Å². The third-order valence-electron chi connectivity index (χ3n) is 5.82. The number of aliphatic carboxylic acids is 1. The molecule has 1 saturated carbocycles. The molecule has 0 saturated heterocycles. The maximum Gasteiger partial charge on any atom is 0.340 e. The number of benzene rings is 1. The summed E-state index contributed by atoms with van der Waals surface area (Å²) in [6.07, 6.45) is 1.51. The van der Waals surface area contributed by atoms with Gasteiger partial charge in [0.15, 0.2) is 5.17 Å². The van der Waals surface area contributed by atoms with E-state index in [1.165, 1.54) is 24.4 Å². The molecule has 0 bridgehead atoms. The van der Waals surface area contributed by atoms with Gasteiger partial charge in [0, 0.05) is 23.4 Å². The molecule has 1 aromatic carbocycles. The van der Waals surface area contributed by atoms with Crippen molar-refractivity contribution in [1.29, 1.82) is 0 Å². The summed E-state index contributed by atoms with van der Waals surface area (Å²) in [7, 11) is 1.09. The molecule has 3 atom stereocenters. The number of ether oxygens (including phenoxy) is 1. The number of nitrogens with one attached hydrogen (secondary N) is 1. The number of thioether (sulfide) groups is 1. The van der Waals surface area contributed by atoms with Crippen LogP contribution in [0.4, 0.5) is 10.1 Å². The van der Waals surface area contributed by atoms with Crippen LogP contribution >= 0.6 is 23.4 Å². The van der Waals surface area contributed by atoms with Gasteiger partial charge in [-0.25, -0.2) is 14.2 Å². The van der Waals surface area contributed by atoms with E-state index in [2.05, 4.69) is 20.0 Å². The summed E-state index contributed by atoms with van der Waals surface area (Å²) in [5.41, 5.74) is 4.12. The highest BCUT2D eigenvalue weighted by molar-refractivity contribution is 8.15. The third kappa shape index (κ3) is 3.80. The number of esters is 1. The van der Waals surface area contributed by atoms with Gasteiger partial charge in [-0.2, -0.15) is 0 Å². The molecular formula is C21H18ClFN4O5S. The molecule has 172 valence electrons. The SMILES string of the molecule is COC(=O)c1cc(NC(=O)c2ccc(Cl)cn2)cc([C@@]2(C)N=C(N)S[C@@]3(C(=O)O)C[C@H]32)c1F. The van der Waals surface area contributed by atoms with Crippen molar-refractivity contribution in [2.75, 3.05) is 12.4 Å². The second-order valence-corrected chi connectivity index (χ2v) is 9.63. The van der Waals surface area contributed by atoms with E-state index >= 15 is 4.39 Å². The predicted molar refractivity (Wildman–Crippen MR) is 120 cm³/mol. The van der Waals surface area contributed by atoms with Crippen molar-refractivity contribution < 1.29 is 28.6 Å². The number of pyridine rings is 1. The average Bonchev–Trinajstić information content (AvgIpc) is 3.51. The fourth-order valence-electron chi connectivity index (χ4n) is 4.08. The number of fused-ring (bicyclic) bond motifs is 1. The number of carboxylic acid groups (broad SMARTS) is 1. The van der Waals surface area contributed by atoms with Crippen LogP contribution in [-0.4, -0.2) is 45.0 Å². The molecule has 1 amide bonds. The summed E-state index contributed by atoms with van der Waals surface area (Å²) in [5, 5.41) is 12.6.